The first kappa shape index (κ1) is 17.8. The largest absolute Gasteiger partial charge is 0.497 e. The van der Waals surface area contributed by atoms with Crippen LogP contribution >= 0.6 is 0 Å². The first-order valence-electron chi connectivity index (χ1n) is 7.31. The highest BCUT2D eigenvalue weighted by Gasteiger charge is 2.12. The van der Waals surface area contributed by atoms with E-state index in [1.165, 1.54) is 0 Å². The summed E-state index contributed by atoms with van der Waals surface area (Å²) < 4.78 is 29.8. The zero-order valence-electron chi connectivity index (χ0n) is 13.7. The molecule has 1 atom stereocenters. The third-order valence-corrected chi connectivity index (χ3v) is 4.02. The van der Waals surface area contributed by atoms with Gasteiger partial charge in [0.1, 0.15) is 5.75 Å². The van der Waals surface area contributed by atoms with E-state index in [0.29, 0.717) is 11.3 Å². The van der Waals surface area contributed by atoms with E-state index >= 15 is 0 Å². The molecule has 2 rings (SSSR count). The minimum Gasteiger partial charge on any atom is -0.497 e. The molecular formula is C17H20N2O4S. The molecule has 6 nitrogen and oxygen atoms in total. The number of nitrogens with one attached hydrogen (secondary N) is 2. The number of carbonyl (C=O) groups excluding carboxylic acids is 1. The van der Waals surface area contributed by atoms with Crippen LogP contribution in [0.2, 0.25) is 0 Å². The summed E-state index contributed by atoms with van der Waals surface area (Å²) in [5.74, 6) is 0.524. The van der Waals surface area contributed by atoms with Crippen molar-refractivity contribution in [2.75, 3.05) is 18.1 Å². The van der Waals surface area contributed by atoms with Crippen LogP contribution in [0.4, 0.5) is 5.69 Å². The molecule has 0 aromatic heterocycles. The fraction of sp³-hybridized carbons (Fsp3) is 0.235. The molecule has 0 fully saturated rings. The Bertz CT molecular complexity index is 799. The zero-order chi connectivity index (χ0) is 17.7. The van der Waals surface area contributed by atoms with Crippen molar-refractivity contribution in [3.8, 4) is 5.75 Å². The van der Waals surface area contributed by atoms with Gasteiger partial charge in [0.15, 0.2) is 0 Å². The molecule has 7 heteroatoms. The lowest BCUT2D eigenvalue weighted by Gasteiger charge is -2.15. The second-order valence-corrected chi connectivity index (χ2v) is 7.17. The Labute approximate surface area is 141 Å². The summed E-state index contributed by atoms with van der Waals surface area (Å²) in [7, 11) is -1.73. The zero-order valence-corrected chi connectivity index (χ0v) is 14.6. The van der Waals surface area contributed by atoms with Crippen LogP contribution < -0.4 is 14.8 Å². The lowest BCUT2D eigenvalue weighted by Crippen LogP contribution is -2.26. The average molecular weight is 348 g/mol. The van der Waals surface area contributed by atoms with Crippen molar-refractivity contribution < 1.29 is 17.9 Å². The topological polar surface area (TPSA) is 84.5 Å². The maximum Gasteiger partial charge on any atom is 0.251 e. The molecular weight excluding hydrogens is 328 g/mol. The molecule has 0 radical (unpaired) electrons. The number of sulfonamides is 1. The van der Waals surface area contributed by atoms with Crippen LogP contribution in [0.1, 0.15) is 28.9 Å². The maximum atomic E-state index is 12.3. The Morgan fingerprint density at radius 2 is 1.62 bits per heavy atom. The number of benzene rings is 2. The number of methoxy groups -OCH3 is 1. The van der Waals surface area contributed by atoms with Gasteiger partial charge in [-0.1, -0.05) is 12.1 Å². The van der Waals surface area contributed by atoms with E-state index in [2.05, 4.69) is 10.0 Å². The highest BCUT2D eigenvalue weighted by Crippen LogP contribution is 2.18. The molecule has 24 heavy (non-hydrogen) atoms. The van der Waals surface area contributed by atoms with E-state index in [0.717, 1.165) is 17.6 Å². The van der Waals surface area contributed by atoms with Crippen molar-refractivity contribution in [3.05, 3.63) is 59.7 Å². The third-order valence-electron chi connectivity index (χ3n) is 3.41. The Morgan fingerprint density at radius 3 is 2.12 bits per heavy atom. The quantitative estimate of drug-likeness (QED) is 0.840. The number of anilines is 1. The van der Waals surface area contributed by atoms with E-state index in [-0.39, 0.29) is 11.9 Å². The summed E-state index contributed by atoms with van der Waals surface area (Å²) in [4.78, 5) is 12.3. The maximum absolute atomic E-state index is 12.3. The first-order valence-corrected chi connectivity index (χ1v) is 9.20. The highest BCUT2D eigenvalue weighted by molar-refractivity contribution is 7.92. The molecule has 2 N–H and O–H groups in total. The first-order chi connectivity index (χ1) is 11.3. The van der Waals surface area contributed by atoms with Gasteiger partial charge in [-0.05, 0) is 48.9 Å². The van der Waals surface area contributed by atoms with Gasteiger partial charge in [-0.25, -0.2) is 8.42 Å². The third kappa shape index (κ3) is 4.99. The van der Waals surface area contributed by atoms with E-state index < -0.39 is 10.0 Å². The van der Waals surface area contributed by atoms with Gasteiger partial charge in [0, 0.05) is 11.3 Å². The minimum atomic E-state index is -3.33. The van der Waals surface area contributed by atoms with Crippen molar-refractivity contribution in [1.29, 1.82) is 0 Å². The SMILES string of the molecule is COc1ccc([C@@H](C)NC(=O)c2ccc(NS(C)(=O)=O)cc2)cc1. The number of rotatable bonds is 6. The predicted octanol–water partition coefficient (Wildman–Crippen LogP) is 2.56. The fourth-order valence-electron chi connectivity index (χ4n) is 2.16. The van der Waals surface area contributed by atoms with Crippen LogP contribution in [0, 0.1) is 0 Å². The normalized spacial score (nSPS) is 12.3. The molecule has 0 saturated carbocycles. The molecule has 0 aliphatic heterocycles. The van der Waals surface area contributed by atoms with Crippen molar-refractivity contribution in [1.82, 2.24) is 5.32 Å². The van der Waals surface area contributed by atoms with E-state index in [9.17, 15) is 13.2 Å². The molecule has 0 heterocycles. The smallest absolute Gasteiger partial charge is 0.251 e. The van der Waals surface area contributed by atoms with Gasteiger partial charge in [-0.15, -0.1) is 0 Å². The van der Waals surface area contributed by atoms with Crippen LogP contribution in [0.5, 0.6) is 5.75 Å². The molecule has 2 aromatic carbocycles. The number of ether oxygens (including phenoxy) is 1. The highest BCUT2D eigenvalue weighted by atomic mass is 32.2. The Hall–Kier alpha value is -2.54. The molecule has 0 spiro atoms. The molecule has 0 aliphatic rings. The predicted molar refractivity (Wildman–Crippen MR) is 93.8 cm³/mol. The van der Waals surface area contributed by atoms with Crippen LogP contribution in [-0.2, 0) is 10.0 Å². The van der Waals surface area contributed by atoms with Gasteiger partial charge < -0.3 is 10.1 Å². The molecule has 0 saturated heterocycles. The lowest BCUT2D eigenvalue weighted by molar-refractivity contribution is 0.0940. The van der Waals surface area contributed by atoms with Crippen LogP contribution in [0.3, 0.4) is 0 Å². The fourth-order valence-corrected chi connectivity index (χ4v) is 2.72. The molecule has 1 amide bonds. The second kappa shape index (κ2) is 7.35. The number of hydrogen-bond acceptors (Lipinski definition) is 4. The number of hydrogen-bond donors (Lipinski definition) is 2. The van der Waals surface area contributed by atoms with Gasteiger partial charge in [0.05, 0.1) is 19.4 Å². The lowest BCUT2D eigenvalue weighted by atomic mass is 10.1. The summed E-state index contributed by atoms with van der Waals surface area (Å²) in [6.45, 7) is 1.89. The van der Waals surface area contributed by atoms with Crippen molar-refractivity contribution in [2.24, 2.45) is 0 Å². The van der Waals surface area contributed by atoms with Gasteiger partial charge in [-0.2, -0.15) is 0 Å². The summed E-state index contributed by atoms with van der Waals surface area (Å²) in [5.41, 5.74) is 1.83. The Morgan fingerprint density at radius 1 is 1.04 bits per heavy atom. The molecule has 2 aromatic rings. The standard InChI is InChI=1S/C17H20N2O4S/c1-12(13-6-10-16(23-2)11-7-13)18-17(20)14-4-8-15(9-5-14)19-24(3,21)22/h4-12,19H,1-3H3,(H,18,20)/t12-/m1/s1. The van der Waals surface area contributed by atoms with Crippen molar-refractivity contribution in [2.45, 2.75) is 13.0 Å². The van der Waals surface area contributed by atoms with E-state index in [1.54, 1.807) is 31.4 Å². The second-order valence-electron chi connectivity index (χ2n) is 5.42. The minimum absolute atomic E-state index is 0.169. The van der Waals surface area contributed by atoms with Crippen LogP contribution in [0.15, 0.2) is 48.5 Å². The molecule has 0 bridgehead atoms. The Balaban J connectivity index is 2.03. The molecule has 0 aliphatic carbocycles. The summed E-state index contributed by atoms with van der Waals surface area (Å²) in [5, 5.41) is 2.90. The Kier molecular flexibility index (Phi) is 5.46. The van der Waals surface area contributed by atoms with E-state index in [1.807, 2.05) is 31.2 Å². The monoisotopic (exact) mass is 348 g/mol. The summed E-state index contributed by atoms with van der Waals surface area (Å²) in [6.07, 6.45) is 1.07. The summed E-state index contributed by atoms with van der Waals surface area (Å²) >= 11 is 0. The van der Waals surface area contributed by atoms with Crippen LogP contribution in [-0.4, -0.2) is 27.7 Å². The van der Waals surface area contributed by atoms with Gasteiger partial charge in [-0.3, -0.25) is 9.52 Å². The number of carbonyl (C=O) groups is 1. The van der Waals surface area contributed by atoms with Gasteiger partial charge in [0.25, 0.3) is 5.91 Å². The van der Waals surface area contributed by atoms with E-state index in [4.69, 9.17) is 4.74 Å². The molecule has 128 valence electrons. The van der Waals surface area contributed by atoms with Gasteiger partial charge in [0.2, 0.25) is 10.0 Å². The van der Waals surface area contributed by atoms with Crippen molar-refractivity contribution >= 4 is 21.6 Å². The van der Waals surface area contributed by atoms with Crippen LogP contribution in [0.25, 0.3) is 0 Å². The molecule has 0 unspecified atom stereocenters. The summed E-state index contributed by atoms with van der Waals surface area (Å²) in [6, 6.07) is 13.5. The average Bonchev–Trinajstić information content (AvgIpc) is 2.54. The number of amides is 1. The van der Waals surface area contributed by atoms with Gasteiger partial charge >= 0.3 is 0 Å². The van der Waals surface area contributed by atoms with Crippen molar-refractivity contribution in [3.63, 3.8) is 0 Å².